The minimum absolute atomic E-state index is 0.0213. The van der Waals surface area contributed by atoms with Gasteiger partial charge in [0.2, 0.25) is 11.8 Å². The molecule has 2 amide bonds. The summed E-state index contributed by atoms with van der Waals surface area (Å²) < 4.78 is 0. The second-order valence-corrected chi connectivity index (χ2v) is 7.93. The largest absolute Gasteiger partial charge is 0.351 e. The highest BCUT2D eigenvalue weighted by atomic mass is 32.1. The van der Waals surface area contributed by atoms with E-state index in [-0.39, 0.29) is 24.2 Å². The summed E-state index contributed by atoms with van der Waals surface area (Å²) in [6, 6.07) is 10.1. The normalized spacial score (nSPS) is 17.4. The number of thiophene rings is 1. The first-order chi connectivity index (χ1) is 12.0. The van der Waals surface area contributed by atoms with Gasteiger partial charge in [-0.15, -0.1) is 11.3 Å². The third-order valence-electron chi connectivity index (χ3n) is 4.70. The highest BCUT2D eigenvalue weighted by Crippen LogP contribution is 2.29. The molecule has 2 heterocycles. The summed E-state index contributed by atoms with van der Waals surface area (Å²) in [4.78, 5) is 27.7. The van der Waals surface area contributed by atoms with Gasteiger partial charge in [0, 0.05) is 23.5 Å². The molecule has 0 radical (unpaired) electrons. The Kier molecular flexibility index (Phi) is 5.23. The van der Waals surface area contributed by atoms with Crippen molar-refractivity contribution in [2.75, 3.05) is 11.4 Å². The van der Waals surface area contributed by atoms with Crippen LogP contribution in [-0.2, 0) is 16.1 Å². The number of benzene rings is 1. The molecule has 1 atom stereocenters. The van der Waals surface area contributed by atoms with Crippen molar-refractivity contribution in [1.29, 1.82) is 0 Å². The number of hydrogen-bond acceptors (Lipinski definition) is 3. The first kappa shape index (κ1) is 17.7. The lowest BCUT2D eigenvalue weighted by Crippen LogP contribution is -2.32. The average molecular weight is 356 g/mol. The van der Waals surface area contributed by atoms with Crippen molar-refractivity contribution in [3.05, 3.63) is 51.7 Å². The SMILES string of the molecule is Cc1cc(N2C[C@@H](C(=O)NCc3cccs3)CC2=O)ccc1C(C)C. The third kappa shape index (κ3) is 3.93. The highest BCUT2D eigenvalue weighted by Gasteiger charge is 2.35. The van der Waals surface area contributed by atoms with E-state index in [2.05, 4.69) is 38.2 Å². The monoisotopic (exact) mass is 356 g/mol. The predicted octanol–water partition coefficient (Wildman–Crippen LogP) is 3.85. The van der Waals surface area contributed by atoms with Crippen LogP contribution in [0.2, 0.25) is 0 Å². The first-order valence-corrected chi connectivity index (χ1v) is 9.54. The molecular weight excluding hydrogens is 332 g/mol. The van der Waals surface area contributed by atoms with Gasteiger partial charge >= 0.3 is 0 Å². The lowest BCUT2D eigenvalue weighted by molar-refractivity contribution is -0.126. The average Bonchev–Trinajstić information content (AvgIpc) is 3.21. The minimum Gasteiger partial charge on any atom is -0.351 e. The molecule has 1 N–H and O–H groups in total. The maximum atomic E-state index is 12.4. The lowest BCUT2D eigenvalue weighted by Gasteiger charge is -2.19. The number of carbonyl (C=O) groups is 2. The first-order valence-electron chi connectivity index (χ1n) is 8.66. The van der Waals surface area contributed by atoms with E-state index in [0.717, 1.165) is 10.6 Å². The number of anilines is 1. The summed E-state index contributed by atoms with van der Waals surface area (Å²) in [5.41, 5.74) is 3.37. The number of hydrogen-bond donors (Lipinski definition) is 1. The summed E-state index contributed by atoms with van der Waals surface area (Å²) in [5, 5.41) is 4.94. The zero-order chi connectivity index (χ0) is 18.0. The van der Waals surface area contributed by atoms with Gasteiger partial charge in [0.25, 0.3) is 0 Å². The standard InChI is InChI=1S/C20H24N2O2S/c1-13(2)18-7-6-16(9-14(18)3)22-12-15(10-19(22)23)20(24)21-11-17-5-4-8-25-17/h4-9,13,15H,10-12H2,1-3H3,(H,21,24)/t15-/m0/s1. The Morgan fingerprint density at radius 3 is 2.80 bits per heavy atom. The van der Waals surface area contributed by atoms with E-state index >= 15 is 0 Å². The van der Waals surface area contributed by atoms with Gasteiger partial charge in [-0.3, -0.25) is 9.59 Å². The molecule has 0 aliphatic carbocycles. The summed E-state index contributed by atoms with van der Waals surface area (Å²) in [6.07, 6.45) is 0.279. The molecule has 1 aliphatic rings. The Hall–Kier alpha value is -2.14. The number of nitrogens with one attached hydrogen (secondary N) is 1. The minimum atomic E-state index is -0.280. The van der Waals surface area contributed by atoms with Crippen LogP contribution in [0.15, 0.2) is 35.7 Å². The molecule has 1 aromatic carbocycles. The van der Waals surface area contributed by atoms with Gasteiger partial charge in [0.05, 0.1) is 12.5 Å². The molecule has 25 heavy (non-hydrogen) atoms. The van der Waals surface area contributed by atoms with Crippen LogP contribution in [0.3, 0.4) is 0 Å². The van der Waals surface area contributed by atoms with E-state index in [1.54, 1.807) is 16.2 Å². The fraction of sp³-hybridized carbons (Fsp3) is 0.400. The van der Waals surface area contributed by atoms with Gasteiger partial charge in [-0.2, -0.15) is 0 Å². The Labute approximate surface area is 152 Å². The van der Waals surface area contributed by atoms with Gasteiger partial charge in [-0.05, 0) is 47.5 Å². The van der Waals surface area contributed by atoms with Crippen molar-refractivity contribution in [1.82, 2.24) is 5.32 Å². The Bertz CT molecular complexity index is 768. The second kappa shape index (κ2) is 7.40. The van der Waals surface area contributed by atoms with Crippen LogP contribution in [0.1, 0.15) is 42.2 Å². The molecule has 0 unspecified atom stereocenters. The lowest BCUT2D eigenvalue weighted by atomic mass is 9.97. The Balaban J connectivity index is 1.66. The molecule has 3 rings (SSSR count). The van der Waals surface area contributed by atoms with Crippen LogP contribution in [-0.4, -0.2) is 18.4 Å². The van der Waals surface area contributed by atoms with E-state index in [4.69, 9.17) is 0 Å². The Morgan fingerprint density at radius 2 is 2.16 bits per heavy atom. The van der Waals surface area contributed by atoms with Gasteiger partial charge < -0.3 is 10.2 Å². The fourth-order valence-corrected chi connectivity index (χ4v) is 3.98. The van der Waals surface area contributed by atoms with E-state index in [1.807, 2.05) is 23.6 Å². The second-order valence-electron chi connectivity index (χ2n) is 6.90. The van der Waals surface area contributed by atoms with Crippen molar-refractivity contribution >= 4 is 28.8 Å². The summed E-state index contributed by atoms with van der Waals surface area (Å²) >= 11 is 1.62. The predicted molar refractivity (Wildman–Crippen MR) is 102 cm³/mol. The molecule has 0 saturated carbocycles. The van der Waals surface area contributed by atoms with E-state index in [9.17, 15) is 9.59 Å². The molecule has 1 fully saturated rings. The van der Waals surface area contributed by atoms with Crippen LogP contribution in [0.25, 0.3) is 0 Å². The molecule has 1 aromatic heterocycles. The zero-order valence-electron chi connectivity index (χ0n) is 14.9. The van der Waals surface area contributed by atoms with Crippen molar-refractivity contribution in [2.45, 2.75) is 39.7 Å². The van der Waals surface area contributed by atoms with E-state index in [1.165, 1.54) is 11.1 Å². The van der Waals surface area contributed by atoms with Gasteiger partial charge in [-0.25, -0.2) is 0 Å². The van der Waals surface area contributed by atoms with E-state index < -0.39 is 0 Å². The third-order valence-corrected chi connectivity index (χ3v) is 5.58. The van der Waals surface area contributed by atoms with Gasteiger partial charge in [0.1, 0.15) is 0 Å². The molecular formula is C20H24N2O2S. The van der Waals surface area contributed by atoms with Crippen molar-refractivity contribution in [2.24, 2.45) is 5.92 Å². The summed E-state index contributed by atoms with van der Waals surface area (Å²) in [5.74, 6) is 0.157. The van der Waals surface area contributed by atoms with Crippen LogP contribution in [0, 0.1) is 12.8 Å². The highest BCUT2D eigenvalue weighted by molar-refractivity contribution is 7.09. The van der Waals surface area contributed by atoms with Crippen LogP contribution >= 0.6 is 11.3 Å². The molecule has 0 bridgehead atoms. The van der Waals surface area contributed by atoms with Gasteiger partial charge in [0.15, 0.2) is 0 Å². The van der Waals surface area contributed by atoms with Crippen LogP contribution in [0.4, 0.5) is 5.69 Å². The van der Waals surface area contributed by atoms with Crippen molar-refractivity contribution in [3.8, 4) is 0 Å². The zero-order valence-corrected chi connectivity index (χ0v) is 15.7. The molecule has 5 heteroatoms. The molecule has 1 aliphatic heterocycles. The fourth-order valence-electron chi connectivity index (χ4n) is 3.34. The summed E-state index contributed by atoms with van der Waals surface area (Å²) in [7, 11) is 0. The maximum absolute atomic E-state index is 12.4. The number of amides is 2. The molecule has 1 saturated heterocycles. The molecule has 2 aromatic rings. The molecule has 132 valence electrons. The van der Waals surface area contributed by atoms with Gasteiger partial charge in [-0.1, -0.05) is 26.0 Å². The molecule has 4 nitrogen and oxygen atoms in total. The number of carbonyl (C=O) groups excluding carboxylic acids is 2. The Morgan fingerprint density at radius 1 is 1.36 bits per heavy atom. The van der Waals surface area contributed by atoms with Crippen LogP contribution < -0.4 is 10.2 Å². The van der Waals surface area contributed by atoms with Crippen molar-refractivity contribution < 1.29 is 9.59 Å². The topological polar surface area (TPSA) is 49.4 Å². The number of rotatable bonds is 5. The van der Waals surface area contributed by atoms with Crippen molar-refractivity contribution in [3.63, 3.8) is 0 Å². The smallest absolute Gasteiger partial charge is 0.227 e. The number of nitrogens with zero attached hydrogens (tertiary/aromatic N) is 1. The quantitative estimate of drug-likeness (QED) is 0.885. The molecule has 0 spiro atoms. The number of aryl methyl sites for hydroxylation is 1. The van der Waals surface area contributed by atoms with Crippen LogP contribution in [0.5, 0.6) is 0 Å². The maximum Gasteiger partial charge on any atom is 0.227 e. The summed E-state index contributed by atoms with van der Waals surface area (Å²) in [6.45, 7) is 7.39. The van der Waals surface area contributed by atoms with E-state index in [0.29, 0.717) is 19.0 Å².